The van der Waals surface area contributed by atoms with Crippen LogP contribution in [0.5, 0.6) is 0 Å². The van der Waals surface area contributed by atoms with Crippen molar-refractivity contribution in [3.05, 3.63) is 36.2 Å². The Morgan fingerprint density at radius 2 is 1.96 bits per heavy atom. The summed E-state index contributed by atoms with van der Waals surface area (Å²) in [6.07, 6.45) is 5.24. The van der Waals surface area contributed by atoms with Crippen LogP contribution in [0.4, 0.5) is 10.8 Å². The van der Waals surface area contributed by atoms with E-state index in [2.05, 4.69) is 25.2 Å². The zero-order chi connectivity index (χ0) is 18.6. The number of rotatable bonds is 5. The van der Waals surface area contributed by atoms with Crippen LogP contribution in [0, 0.1) is 6.92 Å². The number of hydrogen-bond acceptors (Lipinski definition) is 7. The number of fused-ring (bicyclic) bond motifs is 1. The molecule has 0 unspecified atom stereocenters. The number of carbonyl (C=O) groups is 1. The van der Waals surface area contributed by atoms with Crippen LogP contribution in [0.3, 0.4) is 0 Å². The van der Waals surface area contributed by atoms with Gasteiger partial charge in [-0.3, -0.25) is 4.79 Å². The molecule has 0 atom stereocenters. The van der Waals surface area contributed by atoms with E-state index in [-0.39, 0.29) is 5.91 Å². The molecule has 1 amide bonds. The van der Waals surface area contributed by atoms with Crippen LogP contribution in [-0.2, 0) is 4.79 Å². The van der Waals surface area contributed by atoms with Crippen molar-refractivity contribution in [2.75, 3.05) is 29.1 Å². The minimum absolute atomic E-state index is 0.0450. The predicted octanol–water partition coefficient (Wildman–Crippen LogP) is 4.12. The van der Waals surface area contributed by atoms with E-state index in [1.165, 1.54) is 42.9 Å². The summed E-state index contributed by atoms with van der Waals surface area (Å²) in [5.41, 5.74) is 2.70. The van der Waals surface area contributed by atoms with Gasteiger partial charge >= 0.3 is 0 Å². The second-order valence-electron chi connectivity index (χ2n) is 6.58. The van der Waals surface area contributed by atoms with Crippen LogP contribution in [0.2, 0.25) is 0 Å². The molecule has 0 bridgehead atoms. The molecule has 3 heterocycles. The van der Waals surface area contributed by atoms with Gasteiger partial charge in [0.2, 0.25) is 5.91 Å². The Hall–Kier alpha value is -2.19. The van der Waals surface area contributed by atoms with Gasteiger partial charge in [0.15, 0.2) is 10.8 Å². The second kappa shape index (κ2) is 8.22. The highest BCUT2D eigenvalue weighted by molar-refractivity contribution is 8.00. The fourth-order valence-electron chi connectivity index (χ4n) is 3.01. The van der Waals surface area contributed by atoms with E-state index in [0.717, 1.165) is 39.3 Å². The van der Waals surface area contributed by atoms with Crippen molar-refractivity contribution in [3.63, 3.8) is 0 Å². The number of thiazole rings is 1. The fourth-order valence-corrected chi connectivity index (χ4v) is 4.96. The first kappa shape index (κ1) is 18.2. The van der Waals surface area contributed by atoms with Crippen LogP contribution in [-0.4, -0.2) is 39.7 Å². The number of aromatic nitrogens is 3. The third-order valence-electron chi connectivity index (χ3n) is 4.45. The smallest absolute Gasteiger partial charge is 0.234 e. The molecule has 1 aliphatic heterocycles. The van der Waals surface area contributed by atoms with E-state index in [4.69, 9.17) is 0 Å². The zero-order valence-corrected chi connectivity index (χ0v) is 16.8. The fraction of sp³-hybridized carbons (Fsp3) is 0.368. The number of piperidine rings is 1. The number of aryl methyl sites for hydroxylation is 1. The van der Waals surface area contributed by atoms with Crippen LogP contribution in [0.1, 0.15) is 24.8 Å². The normalized spacial score (nSPS) is 14.5. The van der Waals surface area contributed by atoms with E-state index < -0.39 is 0 Å². The van der Waals surface area contributed by atoms with Crippen molar-refractivity contribution in [2.45, 2.75) is 31.2 Å². The van der Waals surface area contributed by atoms with Gasteiger partial charge in [0.1, 0.15) is 16.1 Å². The Morgan fingerprint density at radius 1 is 1.19 bits per heavy atom. The molecule has 6 nitrogen and oxygen atoms in total. The maximum Gasteiger partial charge on any atom is 0.234 e. The van der Waals surface area contributed by atoms with Crippen molar-refractivity contribution in [3.8, 4) is 0 Å². The Morgan fingerprint density at radius 3 is 2.74 bits per heavy atom. The number of nitrogens with zero attached hydrogens (tertiary/aromatic N) is 4. The number of amides is 1. The molecule has 1 aromatic carbocycles. The van der Waals surface area contributed by atoms with Gasteiger partial charge in [-0.05, 0) is 38.3 Å². The molecule has 4 rings (SSSR count). The quantitative estimate of drug-likeness (QED) is 0.514. The molecule has 1 fully saturated rings. The van der Waals surface area contributed by atoms with Gasteiger partial charge in [-0.1, -0.05) is 40.8 Å². The van der Waals surface area contributed by atoms with Gasteiger partial charge in [0.25, 0.3) is 0 Å². The van der Waals surface area contributed by atoms with E-state index in [1.807, 2.05) is 31.2 Å². The molecule has 3 aromatic rings. The Bertz CT molecular complexity index is 935. The van der Waals surface area contributed by atoms with Gasteiger partial charge in [0, 0.05) is 18.8 Å². The summed E-state index contributed by atoms with van der Waals surface area (Å²) in [4.78, 5) is 28.0. The van der Waals surface area contributed by atoms with Crippen LogP contribution in [0.15, 0.2) is 35.6 Å². The molecule has 0 spiro atoms. The topological polar surface area (TPSA) is 71.0 Å². The summed E-state index contributed by atoms with van der Waals surface area (Å²) in [5, 5.41) is 4.75. The molecular formula is C19H21N5OS2. The largest absolute Gasteiger partial charge is 0.348 e. The standard InChI is InChI=1S/C19H21N5OS2/c1-13-5-7-14(8-6-13)22-15(25)11-26-18-16-17(20-12-21-18)23-19(27-16)24-9-3-2-4-10-24/h5-8,12H,2-4,9-11H2,1H3,(H,22,25). The first-order chi connectivity index (χ1) is 13.2. The molecule has 0 aliphatic carbocycles. The molecule has 140 valence electrons. The first-order valence-electron chi connectivity index (χ1n) is 9.05. The number of carbonyl (C=O) groups excluding carboxylic acids is 1. The molecule has 0 radical (unpaired) electrons. The minimum atomic E-state index is -0.0450. The lowest BCUT2D eigenvalue weighted by molar-refractivity contribution is -0.113. The summed E-state index contributed by atoms with van der Waals surface area (Å²) < 4.78 is 0.964. The first-order valence-corrected chi connectivity index (χ1v) is 10.8. The highest BCUT2D eigenvalue weighted by Gasteiger charge is 2.18. The van der Waals surface area contributed by atoms with Crippen molar-refractivity contribution >= 4 is 50.2 Å². The molecule has 27 heavy (non-hydrogen) atoms. The van der Waals surface area contributed by atoms with Gasteiger partial charge < -0.3 is 10.2 Å². The number of benzene rings is 1. The average molecular weight is 400 g/mol. The van der Waals surface area contributed by atoms with Crippen LogP contribution in [0.25, 0.3) is 10.3 Å². The average Bonchev–Trinajstić information content (AvgIpc) is 3.14. The highest BCUT2D eigenvalue weighted by atomic mass is 32.2. The van der Waals surface area contributed by atoms with Gasteiger partial charge in [-0.2, -0.15) is 4.98 Å². The number of nitrogens with one attached hydrogen (secondary N) is 1. The highest BCUT2D eigenvalue weighted by Crippen LogP contribution is 2.34. The molecule has 0 saturated carbocycles. The summed E-state index contributed by atoms with van der Waals surface area (Å²) in [6.45, 7) is 4.12. The number of anilines is 2. The Kier molecular flexibility index (Phi) is 5.54. The van der Waals surface area contributed by atoms with E-state index in [9.17, 15) is 4.79 Å². The summed E-state index contributed by atoms with van der Waals surface area (Å²) in [6, 6.07) is 7.79. The van der Waals surface area contributed by atoms with Crippen molar-refractivity contribution in [1.82, 2.24) is 15.0 Å². The molecular weight excluding hydrogens is 378 g/mol. The molecule has 1 aliphatic rings. The second-order valence-corrected chi connectivity index (χ2v) is 8.52. The minimum Gasteiger partial charge on any atom is -0.348 e. The third-order valence-corrected chi connectivity index (χ3v) is 6.68. The number of thioether (sulfide) groups is 1. The summed E-state index contributed by atoms with van der Waals surface area (Å²) in [5.74, 6) is 0.258. The summed E-state index contributed by atoms with van der Waals surface area (Å²) >= 11 is 3.05. The summed E-state index contributed by atoms with van der Waals surface area (Å²) in [7, 11) is 0. The van der Waals surface area contributed by atoms with Crippen molar-refractivity contribution in [1.29, 1.82) is 0 Å². The molecule has 2 aromatic heterocycles. The Labute approximate surface area is 166 Å². The van der Waals surface area contributed by atoms with E-state index >= 15 is 0 Å². The lowest BCUT2D eigenvalue weighted by atomic mass is 10.1. The third kappa shape index (κ3) is 4.39. The van der Waals surface area contributed by atoms with Gasteiger partial charge in [0.05, 0.1) is 5.75 Å². The lowest BCUT2D eigenvalue weighted by Crippen LogP contribution is -2.29. The van der Waals surface area contributed by atoms with Crippen molar-refractivity contribution in [2.24, 2.45) is 0 Å². The molecule has 1 N–H and O–H groups in total. The molecule has 8 heteroatoms. The Balaban J connectivity index is 1.44. The monoisotopic (exact) mass is 399 g/mol. The van der Waals surface area contributed by atoms with E-state index in [0.29, 0.717) is 5.75 Å². The number of hydrogen-bond donors (Lipinski definition) is 1. The maximum absolute atomic E-state index is 12.3. The van der Waals surface area contributed by atoms with Gasteiger partial charge in [-0.15, -0.1) is 0 Å². The molecule has 1 saturated heterocycles. The maximum atomic E-state index is 12.3. The van der Waals surface area contributed by atoms with Crippen molar-refractivity contribution < 1.29 is 4.79 Å². The van der Waals surface area contributed by atoms with E-state index in [1.54, 1.807) is 11.3 Å². The SMILES string of the molecule is Cc1ccc(NC(=O)CSc2ncnc3nc(N4CCCCC4)sc23)cc1. The van der Waals surface area contributed by atoms with Crippen LogP contribution < -0.4 is 10.2 Å². The predicted molar refractivity (Wildman–Crippen MR) is 112 cm³/mol. The van der Waals surface area contributed by atoms with Gasteiger partial charge in [-0.25, -0.2) is 9.97 Å². The zero-order valence-electron chi connectivity index (χ0n) is 15.1. The lowest BCUT2D eigenvalue weighted by Gasteiger charge is -2.25. The van der Waals surface area contributed by atoms with Crippen LogP contribution >= 0.6 is 23.1 Å².